The van der Waals surface area contributed by atoms with Crippen LogP contribution in [0.3, 0.4) is 0 Å². The highest BCUT2D eigenvalue weighted by Gasteiger charge is 2.14. The van der Waals surface area contributed by atoms with E-state index in [-0.39, 0.29) is 0 Å². The fraction of sp³-hybridized carbons (Fsp3) is 0. The Bertz CT molecular complexity index is 1430. The fourth-order valence-corrected chi connectivity index (χ4v) is 3.96. The van der Waals surface area contributed by atoms with Gasteiger partial charge in [0.15, 0.2) is 5.58 Å². The van der Waals surface area contributed by atoms with Crippen LogP contribution in [0.1, 0.15) is 0 Å². The summed E-state index contributed by atoms with van der Waals surface area (Å²) in [5, 5.41) is 2.42. The molecule has 6 rings (SSSR count). The summed E-state index contributed by atoms with van der Waals surface area (Å²) in [6, 6.07) is 33.3. The van der Waals surface area contributed by atoms with Crippen LogP contribution in [0.5, 0.6) is 0 Å². The molecule has 0 aliphatic rings. The highest BCUT2D eigenvalue weighted by Crippen LogP contribution is 2.35. The van der Waals surface area contributed by atoms with Gasteiger partial charge in [-0.3, -0.25) is 0 Å². The van der Waals surface area contributed by atoms with Crippen molar-refractivity contribution < 1.29 is 4.42 Å². The molecular weight excluding hydrogens is 344 g/mol. The van der Waals surface area contributed by atoms with Crippen LogP contribution >= 0.6 is 0 Å². The molecule has 0 saturated heterocycles. The third kappa shape index (κ3) is 2.20. The van der Waals surface area contributed by atoms with Crippen LogP contribution in [0.15, 0.2) is 101 Å². The quantitative estimate of drug-likeness (QED) is 0.349. The Labute approximate surface area is 161 Å². The van der Waals surface area contributed by atoms with Gasteiger partial charge >= 0.3 is 0 Å². The molecule has 4 aromatic carbocycles. The molecule has 28 heavy (non-hydrogen) atoms. The fourth-order valence-electron chi connectivity index (χ4n) is 3.96. The van der Waals surface area contributed by atoms with E-state index >= 15 is 0 Å². The van der Waals surface area contributed by atoms with Crippen LogP contribution in [0.25, 0.3) is 50.0 Å². The maximum Gasteiger partial charge on any atom is 0.227 e. The molecule has 2 heterocycles. The predicted octanol–water partition coefficient (Wildman–Crippen LogP) is 6.59. The van der Waals surface area contributed by atoms with Crippen molar-refractivity contribution in [2.24, 2.45) is 0 Å². The molecule has 0 fully saturated rings. The van der Waals surface area contributed by atoms with Gasteiger partial charge in [-0.05, 0) is 48.5 Å². The number of aromatic nitrogens is 2. The van der Waals surface area contributed by atoms with Crippen LogP contribution in [0, 0.1) is 0 Å². The van der Waals surface area contributed by atoms with E-state index in [4.69, 9.17) is 4.42 Å². The van der Waals surface area contributed by atoms with Crippen molar-refractivity contribution >= 4 is 32.9 Å². The van der Waals surface area contributed by atoms with Crippen LogP contribution < -0.4 is 0 Å². The van der Waals surface area contributed by atoms with Crippen LogP contribution in [-0.4, -0.2) is 9.55 Å². The first kappa shape index (κ1) is 15.2. The first-order valence-electron chi connectivity index (χ1n) is 9.33. The van der Waals surface area contributed by atoms with E-state index in [0.717, 1.165) is 22.4 Å². The molecular formula is C25H16N2O. The predicted molar refractivity (Wildman–Crippen MR) is 114 cm³/mol. The Morgan fingerprint density at radius 1 is 0.643 bits per heavy atom. The van der Waals surface area contributed by atoms with Crippen molar-refractivity contribution in [1.82, 2.24) is 9.55 Å². The first-order valence-corrected chi connectivity index (χ1v) is 9.33. The largest absolute Gasteiger partial charge is 0.436 e. The smallest absolute Gasteiger partial charge is 0.227 e. The zero-order valence-electron chi connectivity index (χ0n) is 15.0. The molecule has 0 unspecified atom stereocenters. The zero-order chi connectivity index (χ0) is 18.5. The third-order valence-corrected chi connectivity index (χ3v) is 5.23. The van der Waals surface area contributed by atoms with Gasteiger partial charge in [-0.25, -0.2) is 4.98 Å². The average molecular weight is 360 g/mol. The van der Waals surface area contributed by atoms with Gasteiger partial charge in [0.05, 0.1) is 11.0 Å². The van der Waals surface area contributed by atoms with Crippen molar-refractivity contribution in [3.8, 4) is 17.1 Å². The number of hydrogen-bond acceptors (Lipinski definition) is 2. The number of benzene rings is 4. The Morgan fingerprint density at radius 3 is 2.29 bits per heavy atom. The normalized spacial score (nSPS) is 11.6. The van der Waals surface area contributed by atoms with E-state index in [1.165, 1.54) is 21.8 Å². The number of oxazole rings is 1. The summed E-state index contributed by atoms with van der Waals surface area (Å²) in [5.74, 6) is 0.652. The van der Waals surface area contributed by atoms with Gasteiger partial charge in [0.2, 0.25) is 5.89 Å². The lowest BCUT2D eigenvalue weighted by Crippen LogP contribution is -1.92. The Balaban J connectivity index is 1.65. The maximum absolute atomic E-state index is 5.99. The van der Waals surface area contributed by atoms with Crippen molar-refractivity contribution in [1.29, 1.82) is 0 Å². The van der Waals surface area contributed by atoms with E-state index in [2.05, 4.69) is 76.3 Å². The summed E-state index contributed by atoms with van der Waals surface area (Å²) >= 11 is 0. The van der Waals surface area contributed by atoms with Crippen LogP contribution in [0.2, 0.25) is 0 Å². The molecule has 0 saturated carbocycles. The van der Waals surface area contributed by atoms with Crippen LogP contribution in [0.4, 0.5) is 0 Å². The van der Waals surface area contributed by atoms with E-state index < -0.39 is 0 Å². The number of hydrogen-bond donors (Lipinski definition) is 0. The highest BCUT2D eigenvalue weighted by atomic mass is 16.3. The summed E-state index contributed by atoms with van der Waals surface area (Å²) in [6.07, 6.45) is 0. The van der Waals surface area contributed by atoms with Crippen molar-refractivity contribution in [2.45, 2.75) is 0 Å². The second-order valence-electron chi connectivity index (χ2n) is 6.91. The van der Waals surface area contributed by atoms with Gasteiger partial charge in [-0.1, -0.05) is 48.5 Å². The number of rotatable bonds is 2. The third-order valence-electron chi connectivity index (χ3n) is 5.23. The Hall–Kier alpha value is -3.85. The summed E-state index contributed by atoms with van der Waals surface area (Å²) < 4.78 is 8.29. The monoisotopic (exact) mass is 360 g/mol. The van der Waals surface area contributed by atoms with Gasteiger partial charge in [-0.15, -0.1) is 0 Å². The van der Waals surface area contributed by atoms with Crippen LogP contribution in [-0.2, 0) is 0 Å². The standard InChI is InChI=1S/C25H16N2O/c1-2-8-18(9-3-1)27-22-12-6-4-10-19(22)20-16-17(14-15-23(20)27)25-26-21-11-5-7-13-24(21)28-25/h1-16H. The molecule has 6 aromatic rings. The van der Waals surface area contributed by atoms with Gasteiger partial charge in [0.25, 0.3) is 0 Å². The second-order valence-corrected chi connectivity index (χ2v) is 6.91. The molecule has 3 heteroatoms. The molecule has 0 aliphatic heterocycles. The lowest BCUT2D eigenvalue weighted by molar-refractivity contribution is 0.620. The van der Waals surface area contributed by atoms with E-state index in [9.17, 15) is 0 Å². The summed E-state index contributed by atoms with van der Waals surface area (Å²) in [4.78, 5) is 4.66. The molecule has 0 aliphatic carbocycles. The Morgan fingerprint density at radius 2 is 1.39 bits per heavy atom. The molecule has 132 valence electrons. The number of para-hydroxylation sites is 4. The molecule has 0 radical (unpaired) electrons. The van der Waals surface area contributed by atoms with E-state index in [1.807, 2.05) is 30.3 Å². The zero-order valence-corrected chi connectivity index (χ0v) is 15.0. The minimum absolute atomic E-state index is 0.652. The summed E-state index contributed by atoms with van der Waals surface area (Å²) in [6.45, 7) is 0. The first-order chi connectivity index (χ1) is 13.9. The van der Waals surface area contributed by atoms with Gasteiger partial charge in [0, 0.05) is 22.0 Å². The van der Waals surface area contributed by atoms with Gasteiger partial charge in [0.1, 0.15) is 5.52 Å². The highest BCUT2D eigenvalue weighted by molar-refractivity contribution is 6.10. The lowest BCUT2D eigenvalue weighted by Gasteiger charge is -2.07. The van der Waals surface area contributed by atoms with Crippen molar-refractivity contribution in [3.63, 3.8) is 0 Å². The molecule has 0 N–H and O–H groups in total. The SMILES string of the molecule is c1ccc(-n2c3ccccc3c3cc(-c4nc5ccccc5o4)ccc32)cc1. The molecule has 0 atom stereocenters. The topological polar surface area (TPSA) is 31.0 Å². The van der Waals surface area contributed by atoms with E-state index in [1.54, 1.807) is 0 Å². The summed E-state index contributed by atoms with van der Waals surface area (Å²) in [7, 11) is 0. The number of fused-ring (bicyclic) bond motifs is 4. The summed E-state index contributed by atoms with van der Waals surface area (Å²) in [5.41, 5.74) is 6.20. The molecule has 0 bridgehead atoms. The van der Waals surface area contributed by atoms with Gasteiger partial charge in [-0.2, -0.15) is 0 Å². The second kappa shape index (κ2) is 5.83. The maximum atomic E-state index is 5.99. The minimum Gasteiger partial charge on any atom is -0.436 e. The molecule has 0 spiro atoms. The lowest BCUT2D eigenvalue weighted by atomic mass is 10.1. The van der Waals surface area contributed by atoms with Crippen molar-refractivity contribution in [2.75, 3.05) is 0 Å². The van der Waals surface area contributed by atoms with Crippen molar-refractivity contribution in [3.05, 3.63) is 97.1 Å². The average Bonchev–Trinajstić information content (AvgIpc) is 3.33. The Kier molecular flexibility index (Phi) is 3.17. The molecule has 3 nitrogen and oxygen atoms in total. The van der Waals surface area contributed by atoms with E-state index in [0.29, 0.717) is 5.89 Å². The minimum atomic E-state index is 0.652. The molecule has 2 aromatic heterocycles. The van der Waals surface area contributed by atoms with Gasteiger partial charge < -0.3 is 8.98 Å². The number of nitrogens with zero attached hydrogens (tertiary/aromatic N) is 2. The molecule has 0 amide bonds.